The lowest BCUT2D eigenvalue weighted by atomic mass is 10.1. The van der Waals surface area contributed by atoms with E-state index in [2.05, 4.69) is 19.2 Å². The molecule has 1 heterocycles. The summed E-state index contributed by atoms with van der Waals surface area (Å²) in [7, 11) is 0. The number of rotatable bonds is 8. The SMILES string of the molecule is CC(C)CCOCc1ccc(CNC2CC2)o1. The van der Waals surface area contributed by atoms with Crippen LogP contribution < -0.4 is 5.32 Å². The minimum atomic E-state index is 0.593. The van der Waals surface area contributed by atoms with Crippen molar-refractivity contribution in [3.8, 4) is 0 Å². The normalized spacial score (nSPS) is 15.7. The van der Waals surface area contributed by atoms with Crippen molar-refractivity contribution in [2.24, 2.45) is 5.92 Å². The van der Waals surface area contributed by atoms with E-state index in [1.807, 2.05) is 12.1 Å². The van der Waals surface area contributed by atoms with Crippen LogP contribution in [-0.2, 0) is 17.9 Å². The van der Waals surface area contributed by atoms with E-state index in [0.29, 0.717) is 12.5 Å². The van der Waals surface area contributed by atoms with Crippen molar-refractivity contribution in [2.45, 2.75) is 52.3 Å². The number of ether oxygens (including phenoxy) is 1. The van der Waals surface area contributed by atoms with Crippen LogP contribution in [0.3, 0.4) is 0 Å². The number of hydrogen-bond acceptors (Lipinski definition) is 3. The first kappa shape index (κ1) is 12.7. The lowest BCUT2D eigenvalue weighted by molar-refractivity contribution is 0.0960. The molecular formula is C14H23NO2. The van der Waals surface area contributed by atoms with E-state index in [-0.39, 0.29) is 0 Å². The largest absolute Gasteiger partial charge is 0.462 e. The van der Waals surface area contributed by atoms with E-state index < -0.39 is 0 Å². The molecule has 1 N–H and O–H groups in total. The molecule has 0 spiro atoms. The van der Waals surface area contributed by atoms with Crippen molar-refractivity contribution >= 4 is 0 Å². The molecule has 1 aromatic heterocycles. The molecular weight excluding hydrogens is 214 g/mol. The summed E-state index contributed by atoms with van der Waals surface area (Å²) in [5, 5.41) is 3.43. The van der Waals surface area contributed by atoms with Crippen molar-refractivity contribution in [1.82, 2.24) is 5.32 Å². The lowest BCUT2D eigenvalue weighted by Crippen LogP contribution is -2.14. The smallest absolute Gasteiger partial charge is 0.129 e. The average molecular weight is 237 g/mol. The molecule has 1 aromatic rings. The molecule has 0 unspecified atom stereocenters. The Kier molecular flexibility index (Phi) is 4.63. The Morgan fingerprint density at radius 1 is 1.35 bits per heavy atom. The van der Waals surface area contributed by atoms with Crippen LogP contribution >= 0.6 is 0 Å². The highest BCUT2D eigenvalue weighted by molar-refractivity contribution is 5.06. The Balaban J connectivity index is 1.62. The highest BCUT2D eigenvalue weighted by Crippen LogP contribution is 2.19. The second-order valence-corrected chi connectivity index (χ2v) is 5.26. The van der Waals surface area contributed by atoms with Gasteiger partial charge in [0.15, 0.2) is 0 Å². The summed E-state index contributed by atoms with van der Waals surface area (Å²) in [6.07, 6.45) is 3.73. The van der Waals surface area contributed by atoms with Crippen LogP contribution in [0.25, 0.3) is 0 Å². The van der Waals surface area contributed by atoms with Gasteiger partial charge in [-0.15, -0.1) is 0 Å². The van der Waals surface area contributed by atoms with E-state index >= 15 is 0 Å². The molecule has 0 saturated heterocycles. The third-order valence-corrected chi connectivity index (χ3v) is 2.94. The molecule has 3 nitrogen and oxygen atoms in total. The topological polar surface area (TPSA) is 34.4 Å². The molecule has 1 aliphatic carbocycles. The summed E-state index contributed by atoms with van der Waals surface area (Å²) >= 11 is 0. The zero-order chi connectivity index (χ0) is 12.1. The Morgan fingerprint density at radius 3 is 2.82 bits per heavy atom. The van der Waals surface area contributed by atoms with Crippen LogP contribution in [0, 0.1) is 5.92 Å². The van der Waals surface area contributed by atoms with Gasteiger partial charge in [0, 0.05) is 12.6 Å². The molecule has 1 saturated carbocycles. The van der Waals surface area contributed by atoms with Gasteiger partial charge in [-0.2, -0.15) is 0 Å². The molecule has 1 fully saturated rings. The maximum Gasteiger partial charge on any atom is 0.129 e. The predicted molar refractivity (Wildman–Crippen MR) is 67.7 cm³/mol. The van der Waals surface area contributed by atoms with Gasteiger partial charge in [0.1, 0.15) is 18.1 Å². The molecule has 0 radical (unpaired) electrons. The maximum absolute atomic E-state index is 5.68. The third kappa shape index (κ3) is 4.92. The Morgan fingerprint density at radius 2 is 2.12 bits per heavy atom. The van der Waals surface area contributed by atoms with Gasteiger partial charge in [-0.3, -0.25) is 0 Å². The molecule has 17 heavy (non-hydrogen) atoms. The summed E-state index contributed by atoms with van der Waals surface area (Å²) in [6.45, 7) is 6.66. The van der Waals surface area contributed by atoms with Gasteiger partial charge in [-0.25, -0.2) is 0 Å². The van der Waals surface area contributed by atoms with E-state index in [9.17, 15) is 0 Å². The average Bonchev–Trinajstić information content (AvgIpc) is 3.01. The molecule has 3 heteroatoms. The second-order valence-electron chi connectivity index (χ2n) is 5.26. The summed E-state index contributed by atoms with van der Waals surface area (Å²) < 4.78 is 11.2. The third-order valence-electron chi connectivity index (χ3n) is 2.94. The van der Waals surface area contributed by atoms with Crippen molar-refractivity contribution in [2.75, 3.05) is 6.61 Å². The van der Waals surface area contributed by atoms with Crippen molar-refractivity contribution in [3.63, 3.8) is 0 Å². The van der Waals surface area contributed by atoms with E-state index in [0.717, 1.165) is 37.1 Å². The first-order valence-electron chi connectivity index (χ1n) is 6.63. The zero-order valence-corrected chi connectivity index (χ0v) is 10.9. The second kappa shape index (κ2) is 6.22. The fourth-order valence-electron chi connectivity index (χ4n) is 1.62. The summed E-state index contributed by atoms with van der Waals surface area (Å²) in [4.78, 5) is 0. The standard InChI is InChI=1S/C14H23NO2/c1-11(2)7-8-16-10-14-6-5-13(17-14)9-15-12-3-4-12/h5-6,11-12,15H,3-4,7-10H2,1-2H3. The molecule has 0 aliphatic heterocycles. The van der Waals surface area contributed by atoms with Crippen LogP contribution in [0.2, 0.25) is 0 Å². The van der Waals surface area contributed by atoms with Crippen LogP contribution in [0.15, 0.2) is 16.5 Å². The van der Waals surface area contributed by atoms with Gasteiger partial charge < -0.3 is 14.5 Å². The van der Waals surface area contributed by atoms with Crippen molar-refractivity contribution in [3.05, 3.63) is 23.7 Å². The summed E-state index contributed by atoms with van der Waals surface area (Å²) in [6, 6.07) is 4.78. The number of furan rings is 1. The molecule has 0 aromatic carbocycles. The van der Waals surface area contributed by atoms with Gasteiger partial charge in [-0.05, 0) is 37.3 Å². The monoisotopic (exact) mass is 237 g/mol. The first-order chi connectivity index (χ1) is 8.24. The minimum absolute atomic E-state index is 0.593. The molecule has 0 bridgehead atoms. The van der Waals surface area contributed by atoms with Crippen LogP contribution in [0.4, 0.5) is 0 Å². The van der Waals surface area contributed by atoms with E-state index in [1.54, 1.807) is 0 Å². The van der Waals surface area contributed by atoms with Gasteiger partial charge in [0.2, 0.25) is 0 Å². The van der Waals surface area contributed by atoms with E-state index in [1.165, 1.54) is 12.8 Å². The van der Waals surface area contributed by atoms with Gasteiger partial charge >= 0.3 is 0 Å². The Hall–Kier alpha value is -0.800. The number of hydrogen-bond donors (Lipinski definition) is 1. The van der Waals surface area contributed by atoms with Crippen molar-refractivity contribution < 1.29 is 9.15 Å². The molecule has 2 rings (SSSR count). The first-order valence-corrected chi connectivity index (χ1v) is 6.63. The Labute approximate surface area is 104 Å². The molecule has 1 aliphatic rings. The van der Waals surface area contributed by atoms with Gasteiger partial charge in [0.05, 0.1) is 6.54 Å². The summed E-state index contributed by atoms with van der Waals surface area (Å²) in [5.74, 6) is 2.64. The fourth-order valence-corrected chi connectivity index (χ4v) is 1.62. The number of nitrogens with one attached hydrogen (secondary N) is 1. The molecule has 0 atom stereocenters. The maximum atomic E-state index is 5.68. The van der Waals surface area contributed by atoms with Gasteiger partial charge in [-0.1, -0.05) is 13.8 Å². The highest BCUT2D eigenvalue weighted by atomic mass is 16.5. The predicted octanol–water partition coefficient (Wildman–Crippen LogP) is 3.09. The van der Waals surface area contributed by atoms with Crippen LogP contribution in [-0.4, -0.2) is 12.6 Å². The summed E-state index contributed by atoms with van der Waals surface area (Å²) in [5.41, 5.74) is 0. The van der Waals surface area contributed by atoms with Crippen LogP contribution in [0.1, 0.15) is 44.6 Å². The molecule has 96 valence electrons. The quantitative estimate of drug-likeness (QED) is 0.705. The van der Waals surface area contributed by atoms with Gasteiger partial charge in [0.25, 0.3) is 0 Å². The highest BCUT2D eigenvalue weighted by Gasteiger charge is 2.20. The van der Waals surface area contributed by atoms with Crippen LogP contribution in [0.5, 0.6) is 0 Å². The zero-order valence-electron chi connectivity index (χ0n) is 10.9. The molecule has 0 amide bonds. The van der Waals surface area contributed by atoms with E-state index in [4.69, 9.17) is 9.15 Å². The lowest BCUT2D eigenvalue weighted by Gasteiger charge is -2.04. The van der Waals surface area contributed by atoms with Crippen molar-refractivity contribution in [1.29, 1.82) is 0 Å². The fraction of sp³-hybridized carbons (Fsp3) is 0.714. The minimum Gasteiger partial charge on any atom is -0.462 e. The Bertz CT molecular complexity index is 329.